The number of fused-ring (bicyclic) bond motifs is 7. The molecule has 0 saturated heterocycles. The molecule has 0 radical (unpaired) electrons. The summed E-state index contributed by atoms with van der Waals surface area (Å²) in [5.41, 5.74) is 3.19. The predicted octanol–water partition coefficient (Wildman–Crippen LogP) is 8.68. The van der Waals surface area contributed by atoms with Gasteiger partial charge in [-0.25, -0.2) is 0 Å². The number of carbonyl (C=O) groups excluding carboxylic acids is 3. The molecule has 7 rings (SSSR count). The van der Waals surface area contributed by atoms with Gasteiger partial charge in [-0.05, 0) is 155 Å². The molecule has 0 spiro atoms. The third-order valence-corrected chi connectivity index (χ3v) is 16.3. The Kier molecular flexibility index (Phi) is 10.9. The number of aldehydes is 1. The zero-order chi connectivity index (χ0) is 39.5. The summed E-state index contributed by atoms with van der Waals surface area (Å²) < 4.78 is 6.25. The van der Waals surface area contributed by atoms with E-state index < -0.39 is 5.41 Å². The fourth-order valence-corrected chi connectivity index (χ4v) is 13.5. The lowest BCUT2D eigenvalue weighted by Crippen LogP contribution is -2.69. The summed E-state index contributed by atoms with van der Waals surface area (Å²) in [4.78, 5) is 38.7. The number of hydrogen-bond donors (Lipinski definition) is 3. The van der Waals surface area contributed by atoms with Gasteiger partial charge in [0.05, 0.1) is 12.0 Å². The Morgan fingerprint density at radius 2 is 1.63 bits per heavy atom. The van der Waals surface area contributed by atoms with Gasteiger partial charge in [0.15, 0.2) is 5.78 Å². The number of ketones is 1. The molecule has 6 aliphatic carbocycles. The van der Waals surface area contributed by atoms with Crippen molar-refractivity contribution >= 4 is 18.0 Å². The summed E-state index contributed by atoms with van der Waals surface area (Å²) in [6.45, 7) is 16.4. The van der Waals surface area contributed by atoms with E-state index in [1.807, 2.05) is 7.05 Å². The van der Waals surface area contributed by atoms with Crippen LogP contribution < -0.4 is 10.6 Å². The Bertz CT molecular complexity index is 1650. The highest BCUT2D eigenvalue weighted by Gasteiger charge is 2.67. The molecule has 5 fully saturated rings. The van der Waals surface area contributed by atoms with Crippen molar-refractivity contribution in [2.75, 3.05) is 13.6 Å². The van der Waals surface area contributed by atoms with E-state index in [4.69, 9.17) is 4.74 Å². The highest BCUT2D eigenvalue weighted by molar-refractivity contribution is 6.00. The lowest BCUT2D eigenvalue weighted by atomic mass is 9.37. The van der Waals surface area contributed by atoms with Crippen molar-refractivity contribution < 1.29 is 24.2 Å². The second-order valence-corrected chi connectivity index (χ2v) is 20.0. The minimum absolute atomic E-state index is 0.000190. The maximum Gasteiger partial charge on any atom is 0.307 e. The number of rotatable bonds is 11. The van der Waals surface area contributed by atoms with Crippen LogP contribution in [0.25, 0.3) is 0 Å². The molecule has 7 heteroatoms. The summed E-state index contributed by atoms with van der Waals surface area (Å²) in [6, 6.07) is 7.71. The van der Waals surface area contributed by atoms with Crippen molar-refractivity contribution in [1.82, 2.24) is 10.6 Å². The second kappa shape index (κ2) is 14.5. The molecule has 0 aliphatic heterocycles. The molecule has 3 N–H and O–H groups in total. The maximum atomic E-state index is 14.0. The lowest BCUT2D eigenvalue weighted by Gasteiger charge is -2.69. The number of nitrogens with one attached hydrogen (secondary N) is 2. The smallest absolute Gasteiger partial charge is 0.307 e. The van der Waals surface area contributed by atoms with Crippen LogP contribution in [-0.2, 0) is 24.7 Å². The van der Waals surface area contributed by atoms with E-state index >= 15 is 0 Å². The van der Waals surface area contributed by atoms with Crippen LogP contribution in [0.2, 0.25) is 0 Å². The first kappa shape index (κ1) is 40.7. The zero-order valence-corrected chi connectivity index (χ0v) is 34.5. The molecule has 6 aliphatic rings. The number of allylic oxidation sites excluding steroid dienone is 2. The van der Waals surface area contributed by atoms with Crippen LogP contribution in [0.4, 0.5) is 0 Å². The number of likely N-dealkylation sites (N-methyl/N-ethyl adjacent to an activating group) is 1. The Morgan fingerprint density at radius 1 is 0.963 bits per heavy atom. The summed E-state index contributed by atoms with van der Waals surface area (Å²) in [7, 11) is 2.04. The number of phenols is 1. The molecule has 5 saturated carbocycles. The van der Waals surface area contributed by atoms with Crippen LogP contribution in [0.5, 0.6) is 5.75 Å². The van der Waals surface area contributed by atoms with Crippen molar-refractivity contribution in [1.29, 1.82) is 0 Å². The van der Waals surface area contributed by atoms with Gasteiger partial charge in [-0.15, -0.1) is 12.8 Å². The molecule has 0 heterocycles. The molecule has 296 valence electrons. The number of Topliss-reactive ketones (excluding diaryl/α,β-unsaturated/α-hetero) is 1. The number of hydrogen-bond acceptors (Lipinski definition) is 7. The van der Waals surface area contributed by atoms with Gasteiger partial charge >= 0.3 is 5.97 Å². The number of terminal acetylenes is 1. The van der Waals surface area contributed by atoms with Crippen molar-refractivity contribution in [3.8, 4) is 18.6 Å². The number of esters is 1. The zero-order valence-electron chi connectivity index (χ0n) is 34.5. The number of carbonyl (C=O) groups is 3. The maximum absolute atomic E-state index is 14.0. The first-order valence-corrected chi connectivity index (χ1v) is 21.0. The van der Waals surface area contributed by atoms with Crippen LogP contribution in [0.1, 0.15) is 138 Å². The largest absolute Gasteiger partial charge is 0.508 e. The highest BCUT2D eigenvalue weighted by Crippen LogP contribution is 2.72. The predicted molar refractivity (Wildman–Crippen MR) is 214 cm³/mol. The Morgan fingerprint density at radius 3 is 2.24 bits per heavy atom. The Balaban J connectivity index is 0.00000245. The molecule has 9 atom stereocenters. The van der Waals surface area contributed by atoms with E-state index in [1.54, 1.807) is 31.6 Å². The van der Waals surface area contributed by atoms with E-state index in [2.05, 4.69) is 70.2 Å². The van der Waals surface area contributed by atoms with E-state index in [9.17, 15) is 19.5 Å². The molecule has 54 heavy (non-hydrogen) atoms. The summed E-state index contributed by atoms with van der Waals surface area (Å²) >= 11 is 0. The molecule has 1 aromatic carbocycles. The van der Waals surface area contributed by atoms with Gasteiger partial charge < -0.3 is 25.3 Å². The molecular formula is C47H68N2O5. The van der Waals surface area contributed by atoms with Gasteiger partial charge in [0, 0.05) is 22.8 Å². The topological polar surface area (TPSA) is 105 Å². The van der Waals surface area contributed by atoms with E-state index in [1.165, 1.54) is 24.0 Å². The number of phenolic OH excluding ortho intramolecular Hbond substituents is 1. The second-order valence-electron chi connectivity index (χ2n) is 20.0. The molecule has 0 bridgehead atoms. The quantitative estimate of drug-likeness (QED) is 0.119. The summed E-state index contributed by atoms with van der Waals surface area (Å²) in [5, 5.41) is 17.5. The lowest BCUT2D eigenvalue weighted by molar-refractivity contribution is -0.201. The van der Waals surface area contributed by atoms with Gasteiger partial charge in [-0.3, -0.25) is 9.59 Å². The minimum Gasteiger partial charge on any atom is -0.508 e. The Hall–Kier alpha value is -2.95. The van der Waals surface area contributed by atoms with Crippen molar-refractivity contribution in [3.05, 3.63) is 41.0 Å². The molecule has 1 aromatic rings. The van der Waals surface area contributed by atoms with Crippen LogP contribution in [0.15, 0.2) is 35.4 Å². The highest BCUT2D eigenvalue weighted by atomic mass is 16.5. The van der Waals surface area contributed by atoms with Gasteiger partial charge in [0.2, 0.25) is 0 Å². The number of aromatic hydroxyl groups is 1. The molecular weight excluding hydrogens is 673 g/mol. The van der Waals surface area contributed by atoms with Crippen LogP contribution >= 0.6 is 0 Å². The van der Waals surface area contributed by atoms with E-state index in [0.29, 0.717) is 41.6 Å². The average Bonchev–Trinajstić information content (AvgIpc) is 3.85. The standard InChI is InChI=1S/C45H66N2O5.C2H2/c1-28(2)38-33(50)25-44(23-24-47-45(21-22-45)29-9-11-30(49)12-10-29)20-15-32-31(39(38)44)13-14-34-41(32,5)18-16-35-42(34,6)19-17-36(43(35,7)46-8)52-37(51)26-40(3,4)27-48;1-2/h9-12,27-28,31-32,34-36,46-47,49H,13-26H2,1-8H3;1-2H. The van der Waals surface area contributed by atoms with Crippen LogP contribution in [-0.4, -0.2) is 48.4 Å². The molecule has 0 aromatic heterocycles. The third-order valence-electron chi connectivity index (χ3n) is 16.3. The number of benzene rings is 1. The van der Waals surface area contributed by atoms with Gasteiger partial charge in [0.25, 0.3) is 0 Å². The van der Waals surface area contributed by atoms with E-state index in [0.717, 1.165) is 70.6 Å². The fraction of sp³-hybridized carbons (Fsp3) is 0.723. The van der Waals surface area contributed by atoms with Crippen LogP contribution in [0, 0.1) is 64.1 Å². The monoisotopic (exact) mass is 741 g/mol. The minimum atomic E-state index is -0.725. The van der Waals surface area contributed by atoms with Crippen LogP contribution in [0.3, 0.4) is 0 Å². The number of ether oxygens (including phenoxy) is 1. The first-order chi connectivity index (χ1) is 25.5. The average molecular weight is 741 g/mol. The first-order valence-electron chi connectivity index (χ1n) is 21.0. The summed E-state index contributed by atoms with van der Waals surface area (Å²) in [6.07, 6.45) is 21.4. The van der Waals surface area contributed by atoms with Crippen molar-refractivity contribution in [2.24, 2.45) is 51.2 Å². The molecule has 7 nitrogen and oxygen atoms in total. The van der Waals surface area contributed by atoms with E-state index in [-0.39, 0.29) is 51.7 Å². The van der Waals surface area contributed by atoms with Gasteiger partial charge in [-0.1, -0.05) is 59.2 Å². The van der Waals surface area contributed by atoms with Gasteiger partial charge in [0.1, 0.15) is 18.1 Å². The Labute approximate surface area is 325 Å². The SMILES string of the molecule is C#C.CNC1(C)C(OC(=O)CC(C)(C)C=O)CCC2(C)C3CCC4C5=C(C(C)C)C(=O)CC5(CCNC5(c6ccc(O)cc6)CC5)CCC4C3(C)CCC21. The van der Waals surface area contributed by atoms with Gasteiger partial charge in [-0.2, -0.15) is 0 Å². The van der Waals surface area contributed by atoms with Crippen molar-refractivity contribution in [2.45, 2.75) is 149 Å². The third kappa shape index (κ3) is 6.59. The molecule has 9 unspecified atom stereocenters. The van der Waals surface area contributed by atoms with Crippen molar-refractivity contribution in [3.63, 3.8) is 0 Å². The fourth-order valence-electron chi connectivity index (χ4n) is 13.5. The normalized spacial score (nSPS) is 37.9. The summed E-state index contributed by atoms with van der Waals surface area (Å²) in [5.74, 6) is 2.68. The molecule has 0 amide bonds.